The summed E-state index contributed by atoms with van der Waals surface area (Å²) in [5, 5.41) is 3.82. The standard InChI is InChI=1S/C20H33N/c1-5-13-21-20(19-8-6-7-16(4)14-19)18-11-9-17(10-12-18)15(2)3/h9-12,15-16,19-21H,5-8,13-14H2,1-4H3. The van der Waals surface area contributed by atoms with E-state index < -0.39 is 0 Å². The summed E-state index contributed by atoms with van der Waals surface area (Å²) in [6.07, 6.45) is 6.80. The van der Waals surface area contributed by atoms with E-state index >= 15 is 0 Å². The lowest BCUT2D eigenvalue weighted by molar-refractivity contribution is 0.223. The van der Waals surface area contributed by atoms with Crippen LogP contribution in [-0.2, 0) is 0 Å². The van der Waals surface area contributed by atoms with Crippen molar-refractivity contribution in [1.82, 2.24) is 5.32 Å². The predicted molar refractivity (Wildman–Crippen MR) is 92.7 cm³/mol. The van der Waals surface area contributed by atoms with E-state index in [1.54, 1.807) is 0 Å². The summed E-state index contributed by atoms with van der Waals surface area (Å²) in [7, 11) is 0. The van der Waals surface area contributed by atoms with Gasteiger partial charge in [-0.3, -0.25) is 0 Å². The lowest BCUT2D eigenvalue weighted by Crippen LogP contribution is -2.31. The molecule has 1 N–H and O–H groups in total. The maximum absolute atomic E-state index is 3.82. The molecule has 3 unspecified atom stereocenters. The fourth-order valence-electron chi connectivity index (χ4n) is 3.73. The zero-order chi connectivity index (χ0) is 15.2. The molecule has 0 heterocycles. The Balaban J connectivity index is 2.14. The molecule has 1 aromatic carbocycles. The molecule has 1 aliphatic carbocycles. The average molecular weight is 287 g/mol. The van der Waals surface area contributed by atoms with E-state index in [0.717, 1.165) is 18.4 Å². The summed E-state index contributed by atoms with van der Waals surface area (Å²) in [5.41, 5.74) is 2.94. The summed E-state index contributed by atoms with van der Waals surface area (Å²) in [6.45, 7) is 10.3. The molecule has 0 amide bonds. The molecule has 1 saturated carbocycles. The van der Waals surface area contributed by atoms with Gasteiger partial charge in [0, 0.05) is 6.04 Å². The van der Waals surface area contributed by atoms with Crippen LogP contribution in [0.25, 0.3) is 0 Å². The third-order valence-electron chi connectivity index (χ3n) is 5.02. The first-order chi connectivity index (χ1) is 10.1. The summed E-state index contributed by atoms with van der Waals surface area (Å²) in [4.78, 5) is 0. The third kappa shape index (κ3) is 4.57. The van der Waals surface area contributed by atoms with E-state index in [0.29, 0.717) is 12.0 Å². The van der Waals surface area contributed by atoms with Gasteiger partial charge in [0.05, 0.1) is 0 Å². The van der Waals surface area contributed by atoms with Gasteiger partial charge in [-0.25, -0.2) is 0 Å². The van der Waals surface area contributed by atoms with Crippen molar-refractivity contribution in [2.45, 2.75) is 71.8 Å². The monoisotopic (exact) mass is 287 g/mol. The highest BCUT2D eigenvalue weighted by Crippen LogP contribution is 2.37. The number of hydrogen-bond donors (Lipinski definition) is 1. The van der Waals surface area contributed by atoms with Crippen molar-refractivity contribution < 1.29 is 0 Å². The minimum atomic E-state index is 0.550. The number of hydrogen-bond acceptors (Lipinski definition) is 1. The van der Waals surface area contributed by atoms with Gasteiger partial charge < -0.3 is 5.32 Å². The Kier molecular flexibility index (Phi) is 6.29. The Morgan fingerprint density at radius 1 is 1.10 bits per heavy atom. The Bertz CT molecular complexity index is 406. The van der Waals surface area contributed by atoms with Crippen LogP contribution in [0.15, 0.2) is 24.3 Å². The summed E-state index contributed by atoms with van der Waals surface area (Å²) in [5.74, 6) is 2.32. The molecular formula is C20H33N. The van der Waals surface area contributed by atoms with Gasteiger partial charge in [0.1, 0.15) is 0 Å². The van der Waals surface area contributed by atoms with Gasteiger partial charge >= 0.3 is 0 Å². The Hall–Kier alpha value is -0.820. The van der Waals surface area contributed by atoms with Crippen LogP contribution in [-0.4, -0.2) is 6.54 Å². The number of benzene rings is 1. The van der Waals surface area contributed by atoms with E-state index in [2.05, 4.69) is 57.3 Å². The smallest absolute Gasteiger partial charge is 0.0348 e. The molecule has 0 aromatic heterocycles. The average Bonchev–Trinajstić information content (AvgIpc) is 2.48. The molecule has 0 bridgehead atoms. The van der Waals surface area contributed by atoms with Crippen LogP contribution in [0.3, 0.4) is 0 Å². The van der Waals surface area contributed by atoms with Crippen LogP contribution in [0.2, 0.25) is 0 Å². The van der Waals surface area contributed by atoms with Gasteiger partial charge in [-0.2, -0.15) is 0 Å². The molecule has 0 aliphatic heterocycles. The van der Waals surface area contributed by atoms with Crippen molar-refractivity contribution in [3.8, 4) is 0 Å². The van der Waals surface area contributed by atoms with Crippen LogP contribution >= 0.6 is 0 Å². The fourth-order valence-corrected chi connectivity index (χ4v) is 3.73. The second-order valence-electron chi connectivity index (χ2n) is 7.29. The molecule has 1 aromatic rings. The van der Waals surface area contributed by atoms with Crippen LogP contribution < -0.4 is 5.32 Å². The first kappa shape index (κ1) is 16.5. The third-order valence-corrected chi connectivity index (χ3v) is 5.02. The lowest BCUT2D eigenvalue weighted by Gasteiger charge is -2.34. The van der Waals surface area contributed by atoms with E-state index in [-0.39, 0.29) is 0 Å². The maximum atomic E-state index is 3.82. The van der Waals surface area contributed by atoms with E-state index in [1.165, 1.54) is 43.2 Å². The molecule has 0 spiro atoms. The highest BCUT2D eigenvalue weighted by Gasteiger charge is 2.27. The molecule has 1 heteroatoms. The molecule has 118 valence electrons. The molecule has 3 atom stereocenters. The molecule has 21 heavy (non-hydrogen) atoms. The van der Waals surface area contributed by atoms with Gasteiger partial charge in [-0.1, -0.05) is 64.8 Å². The highest BCUT2D eigenvalue weighted by atomic mass is 14.9. The quantitative estimate of drug-likeness (QED) is 0.710. The molecule has 0 saturated heterocycles. The van der Waals surface area contributed by atoms with Crippen molar-refractivity contribution in [3.63, 3.8) is 0 Å². The first-order valence-electron chi connectivity index (χ1n) is 8.95. The number of rotatable bonds is 6. The minimum absolute atomic E-state index is 0.550. The molecule has 1 fully saturated rings. The SMILES string of the molecule is CCCNC(c1ccc(C(C)C)cc1)C1CCCC(C)C1. The molecule has 2 rings (SSSR count). The Morgan fingerprint density at radius 3 is 2.33 bits per heavy atom. The molecule has 0 radical (unpaired) electrons. The highest BCUT2D eigenvalue weighted by molar-refractivity contribution is 5.27. The molecule has 1 aliphatic rings. The van der Waals surface area contributed by atoms with Crippen molar-refractivity contribution >= 4 is 0 Å². The van der Waals surface area contributed by atoms with E-state index in [1.807, 2.05) is 0 Å². The van der Waals surface area contributed by atoms with E-state index in [9.17, 15) is 0 Å². The van der Waals surface area contributed by atoms with Crippen molar-refractivity contribution in [2.24, 2.45) is 11.8 Å². The van der Waals surface area contributed by atoms with E-state index in [4.69, 9.17) is 0 Å². The largest absolute Gasteiger partial charge is 0.310 e. The predicted octanol–water partition coefficient (Wildman–Crippen LogP) is 5.68. The lowest BCUT2D eigenvalue weighted by atomic mass is 9.76. The summed E-state index contributed by atoms with van der Waals surface area (Å²) < 4.78 is 0. The molecular weight excluding hydrogens is 254 g/mol. The van der Waals surface area contributed by atoms with Crippen LogP contribution in [0.1, 0.15) is 82.9 Å². The van der Waals surface area contributed by atoms with Crippen molar-refractivity contribution in [1.29, 1.82) is 0 Å². The molecule has 1 nitrogen and oxygen atoms in total. The van der Waals surface area contributed by atoms with Crippen molar-refractivity contribution in [3.05, 3.63) is 35.4 Å². The van der Waals surface area contributed by atoms with Gasteiger partial charge in [0.2, 0.25) is 0 Å². The number of nitrogens with one attached hydrogen (secondary N) is 1. The topological polar surface area (TPSA) is 12.0 Å². The zero-order valence-corrected chi connectivity index (χ0v) is 14.4. The second-order valence-corrected chi connectivity index (χ2v) is 7.29. The summed E-state index contributed by atoms with van der Waals surface area (Å²) >= 11 is 0. The normalized spacial score (nSPS) is 24.2. The van der Waals surface area contributed by atoms with Gasteiger partial charge in [-0.15, -0.1) is 0 Å². The summed E-state index contributed by atoms with van der Waals surface area (Å²) in [6, 6.07) is 9.93. The zero-order valence-electron chi connectivity index (χ0n) is 14.4. The minimum Gasteiger partial charge on any atom is -0.310 e. The first-order valence-corrected chi connectivity index (χ1v) is 8.95. The van der Waals surface area contributed by atoms with Gasteiger partial charge in [0.15, 0.2) is 0 Å². The van der Waals surface area contributed by atoms with Gasteiger partial charge in [0.25, 0.3) is 0 Å². The van der Waals surface area contributed by atoms with Crippen LogP contribution in [0, 0.1) is 11.8 Å². The maximum Gasteiger partial charge on any atom is 0.0348 e. The second kappa shape index (κ2) is 7.98. The fraction of sp³-hybridized carbons (Fsp3) is 0.700. The van der Waals surface area contributed by atoms with Gasteiger partial charge in [-0.05, 0) is 54.7 Å². The Morgan fingerprint density at radius 2 is 1.76 bits per heavy atom. The van der Waals surface area contributed by atoms with Crippen LogP contribution in [0.4, 0.5) is 0 Å². The Labute approximate surface area is 131 Å². The van der Waals surface area contributed by atoms with Crippen LogP contribution in [0.5, 0.6) is 0 Å². The van der Waals surface area contributed by atoms with Crippen molar-refractivity contribution in [2.75, 3.05) is 6.54 Å².